The van der Waals surface area contributed by atoms with Crippen LogP contribution in [0.15, 0.2) is 30.7 Å². The maximum atomic E-state index is 15.2. The van der Waals surface area contributed by atoms with Gasteiger partial charge in [0.25, 0.3) is 0 Å². The molecule has 0 radical (unpaired) electrons. The zero-order valence-electron chi connectivity index (χ0n) is 17.2. The third kappa shape index (κ3) is 3.29. The molecule has 8 nitrogen and oxygen atoms in total. The van der Waals surface area contributed by atoms with Crippen molar-refractivity contribution in [3.05, 3.63) is 36.5 Å². The van der Waals surface area contributed by atoms with Crippen LogP contribution in [0.3, 0.4) is 0 Å². The average molecular weight is 439 g/mol. The molecule has 3 N–H and O–H groups in total. The molecule has 3 fully saturated rings. The summed E-state index contributed by atoms with van der Waals surface area (Å²) >= 11 is 0. The number of nitrogens with one attached hydrogen (secondary N) is 2. The van der Waals surface area contributed by atoms with Gasteiger partial charge in [-0.2, -0.15) is 5.10 Å². The van der Waals surface area contributed by atoms with E-state index >= 15 is 4.39 Å². The van der Waals surface area contributed by atoms with Crippen LogP contribution in [0.25, 0.3) is 22.5 Å². The molecule has 2 aliphatic heterocycles. The number of hydrogen-bond donors (Lipinski definition) is 3. The Morgan fingerprint density at radius 2 is 1.94 bits per heavy atom. The summed E-state index contributed by atoms with van der Waals surface area (Å²) in [6, 6.07) is 2.75. The molecule has 2 saturated heterocycles. The Hall–Kier alpha value is -3.14. The highest BCUT2D eigenvalue weighted by molar-refractivity contribution is 5.73. The van der Waals surface area contributed by atoms with E-state index in [1.165, 1.54) is 18.3 Å². The highest BCUT2D eigenvalue weighted by atomic mass is 19.1. The maximum absolute atomic E-state index is 15.2. The number of aromatic nitrogens is 5. The number of phenolic OH excluding ortho intramolecular Hbond substituents is 1. The first-order valence-corrected chi connectivity index (χ1v) is 11.0. The van der Waals surface area contributed by atoms with Crippen LogP contribution in [0, 0.1) is 5.82 Å². The predicted molar refractivity (Wildman–Crippen MR) is 113 cm³/mol. The summed E-state index contributed by atoms with van der Waals surface area (Å²) in [5.74, 6) is -0.0473. The number of anilines is 1. The number of fused-ring (bicyclic) bond motifs is 2. The molecule has 6 rings (SSSR count). The molecule has 1 aromatic carbocycles. The number of aromatic amines is 1. The molecule has 32 heavy (non-hydrogen) atoms. The number of nitrogens with zero attached hydrogens (tertiary/aromatic N) is 5. The lowest BCUT2D eigenvalue weighted by atomic mass is 9.96. The Balaban J connectivity index is 1.30. The van der Waals surface area contributed by atoms with Gasteiger partial charge in [-0.3, -0.25) is 5.10 Å². The zero-order chi connectivity index (χ0) is 21.8. The summed E-state index contributed by atoms with van der Waals surface area (Å²) in [4.78, 5) is 6.39. The van der Waals surface area contributed by atoms with Crippen molar-refractivity contribution in [3.8, 4) is 28.3 Å². The number of hydrogen-bond acceptors (Lipinski definition) is 7. The summed E-state index contributed by atoms with van der Waals surface area (Å²) in [6.07, 6.45) is 8.20. The minimum atomic E-state index is -0.968. The van der Waals surface area contributed by atoms with E-state index in [4.69, 9.17) is 0 Å². The molecule has 0 amide bonds. The Labute approximate surface area is 183 Å². The summed E-state index contributed by atoms with van der Waals surface area (Å²) in [6.45, 7) is 0. The molecular weight excluding hydrogens is 416 g/mol. The van der Waals surface area contributed by atoms with Gasteiger partial charge in [0.1, 0.15) is 17.7 Å². The molecular formula is C22H23F2N7O. The van der Waals surface area contributed by atoms with Gasteiger partial charge in [0.05, 0.1) is 24.0 Å². The smallest absolute Gasteiger partial charge is 0.185 e. The van der Waals surface area contributed by atoms with Gasteiger partial charge in [-0.15, -0.1) is 10.2 Å². The van der Waals surface area contributed by atoms with Gasteiger partial charge in [0, 0.05) is 35.4 Å². The molecule has 3 aliphatic rings. The van der Waals surface area contributed by atoms with E-state index in [1.807, 2.05) is 4.90 Å². The van der Waals surface area contributed by atoms with Crippen LogP contribution in [-0.2, 0) is 0 Å². The fourth-order valence-corrected chi connectivity index (χ4v) is 5.10. The van der Waals surface area contributed by atoms with Gasteiger partial charge in [-0.05, 0) is 44.2 Å². The molecule has 10 heteroatoms. The van der Waals surface area contributed by atoms with Crippen LogP contribution >= 0.6 is 0 Å². The summed E-state index contributed by atoms with van der Waals surface area (Å²) in [5.41, 5.74) is 0.893. The van der Waals surface area contributed by atoms with Crippen molar-refractivity contribution in [2.24, 2.45) is 0 Å². The van der Waals surface area contributed by atoms with Crippen molar-refractivity contribution in [1.82, 2.24) is 30.7 Å². The number of halogens is 2. The molecule has 1 aliphatic carbocycles. The molecule has 166 valence electrons. The van der Waals surface area contributed by atoms with E-state index < -0.39 is 12.0 Å². The minimum Gasteiger partial charge on any atom is -0.507 e. The number of alkyl halides is 1. The lowest BCUT2D eigenvalue weighted by Gasteiger charge is -2.40. The van der Waals surface area contributed by atoms with Crippen LogP contribution in [-0.4, -0.2) is 60.8 Å². The van der Waals surface area contributed by atoms with Crippen LogP contribution in [0.4, 0.5) is 14.6 Å². The van der Waals surface area contributed by atoms with Gasteiger partial charge in [-0.1, -0.05) is 0 Å². The van der Waals surface area contributed by atoms with Gasteiger partial charge in [-0.25, -0.2) is 13.8 Å². The second-order valence-electron chi connectivity index (χ2n) is 8.91. The van der Waals surface area contributed by atoms with Crippen LogP contribution in [0.2, 0.25) is 0 Å². The van der Waals surface area contributed by atoms with Crippen molar-refractivity contribution >= 4 is 5.82 Å². The topological polar surface area (TPSA) is 103 Å². The average Bonchev–Trinajstić information content (AvgIpc) is 3.32. The molecule has 4 atom stereocenters. The van der Waals surface area contributed by atoms with E-state index in [2.05, 4.69) is 30.7 Å². The van der Waals surface area contributed by atoms with E-state index in [0.29, 0.717) is 17.4 Å². The lowest BCUT2D eigenvalue weighted by Crippen LogP contribution is -2.57. The van der Waals surface area contributed by atoms with E-state index in [1.54, 1.807) is 12.4 Å². The number of aromatic hydroxyl groups is 1. The number of benzene rings is 1. The summed E-state index contributed by atoms with van der Waals surface area (Å²) in [5, 5.41) is 28.8. The molecule has 2 bridgehead atoms. The monoisotopic (exact) mass is 439 g/mol. The number of rotatable bonds is 5. The van der Waals surface area contributed by atoms with Crippen molar-refractivity contribution in [1.29, 1.82) is 0 Å². The third-order valence-electron chi connectivity index (χ3n) is 6.80. The van der Waals surface area contributed by atoms with Gasteiger partial charge >= 0.3 is 0 Å². The molecule has 3 aromatic rings. The molecule has 4 heterocycles. The first-order chi connectivity index (χ1) is 15.6. The highest BCUT2D eigenvalue weighted by Gasteiger charge is 2.48. The van der Waals surface area contributed by atoms with Crippen molar-refractivity contribution in [2.75, 3.05) is 4.90 Å². The normalized spacial score (nSPS) is 26.9. The van der Waals surface area contributed by atoms with Crippen molar-refractivity contribution < 1.29 is 13.9 Å². The Bertz CT molecular complexity index is 1120. The van der Waals surface area contributed by atoms with Crippen LogP contribution < -0.4 is 10.2 Å². The Morgan fingerprint density at radius 1 is 1.06 bits per heavy atom. The predicted octanol–water partition coefficient (Wildman–Crippen LogP) is 2.97. The Kier molecular flexibility index (Phi) is 4.56. The molecule has 0 spiro atoms. The number of phenols is 1. The third-order valence-corrected chi connectivity index (χ3v) is 6.80. The zero-order valence-corrected chi connectivity index (χ0v) is 17.2. The summed E-state index contributed by atoms with van der Waals surface area (Å²) in [7, 11) is 0. The maximum Gasteiger partial charge on any atom is 0.185 e. The SMILES string of the molecule is Oc1cc(-c2cn[nH]c2)c(F)cc1-c1ncc(N(C2CC2)C2C[C@H]3CC[C@H](N3)C2F)nn1. The Morgan fingerprint density at radius 3 is 2.66 bits per heavy atom. The van der Waals surface area contributed by atoms with Crippen molar-refractivity contribution in [3.63, 3.8) is 0 Å². The second kappa shape index (κ2) is 7.47. The van der Waals surface area contributed by atoms with E-state index in [0.717, 1.165) is 32.1 Å². The quantitative estimate of drug-likeness (QED) is 0.562. The van der Waals surface area contributed by atoms with Gasteiger partial charge in [0.15, 0.2) is 11.6 Å². The van der Waals surface area contributed by atoms with Crippen LogP contribution in [0.1, 0.15) is 32.1 Å². The number of H-pyrrole nitrogens is 1. The van der Waals surface area contributed by atoms with E-state index in [-0.39, 0.29) is 40.8 Å². The van der Waals surface area contributed by atoms with E-state index in [9.17, 15) is 9.50 Å². The van der Waals surface area contributed by atoms with Crippen LogP contribution in [0.5, 0.6) is 5.75 Å². The lowest BCUT2D eigenvalue weighted by molar-refractivity contribution is 0.171. The summed E-state index contributed by atoms with van der Waals surface area (Å²) < 4.78 is 29.9. The standard InChI is InChI=1S/C22H23F2N7O/c23-16-6-15(19(32)7-14(16)11-8-26-27-9-11)22-25-10-20(29-30-22)31(13-2-3-13)18-5-12-1-4-17(28-12)21(18)24/h6-10,12-13,17-18,21,28,32H,1-5H2,(H,26,27)/t12-,17+,18?,21?/m1/s1. The first-order valence-electron chi connectivity index (χ1n) is 11.0. The fraction of sp³-hybridized carbons (Fsp3) is 0.455. The highest BCUT2D eigenvalue weighted by Crippen LogP contribution is 2.40. The second-order valence-corrected chi connectivity index (χ2v) is 8.91. The molecule has 1 saturated carbocycles. The minimum absolute atomic E-state index is 0.103. The fourth-order valence-electron chi connectivity index (χ4n) is 5.10. The van der Waals surface area contributed by atoms with Crippen molar-refractivity contribution in [2.45, 2.75) is 62.4 Å². The molecule has 2 unspecified atom stereocenters. The van der Waals surface area contributed by atoms with Gasteiger partial charge < -0.3 is 15.3 Å². The molecule has 2 aromatic heterocycles. The van der Waals surface area contributed by atoms with Gasteiger partial charge in [0.2, 0.25) is 0 Å². The first kappa shape index (κ1) is 19.5. The number of piperidine rings is 1. The largest absolute Gasteiger partial charge is 0.507 e.